The van der Waals surface area contributed by atoms with E-state index in [0.717, 1.165) is 18.5 Å². The molecule has 0 atom stereocenters. The lowest BCUT2D eigenvalue weighted by atomic mass is 10.3. The molecule has 2 saturated carbocycles. The maximum absolute atomic E-state index is 4.65. The fraction of sp³-hybridized carbons (Fsp3) is 0.727. The highest BCUT2D eigenvalue weighted by Crippen LogP contribution is 2.33. The van der Waals surface area contributed by atoms with E-state index in [4.69, 9.17) is 0 Å². The molecule has 0 aromatic carbocycles. The molecule has 2 nitrogen and oxygen atoms in total. The average molecular weight is 208 g/mol. The van der Waals surface area contributed by atoms with Gasteiger partial charge in [0, 0.05) is 24.4 Å². The van der Waals surface area contributed by atoms with Crippen molar-refractivity contribution >= 4 is 11.3 Å². The zero-order valence-electron chi connectivity index (χ0n) is 8.33. The summed E-state index contributed by atoms with van der Waals surface area (Å²) in [5, 5.41) is 7.06. The summed E-state index contributed by atoms with van der Waals surface area (Å²) < 4.78 is 0. The predicted molar refractivity (Wildman–Crippen MR) is 58.4 cm³/mol. The molecule has 0 saturated heterocycles. The summed E-state index contributed by atoms with van der Waals surface area (Å²) in [5.74, 6) is 0.963. The van der Waals surface area contributed by atoms with Gasteiger partial charge in [-0.25, -0.2) is 4.98 Å². The normalized spacial score (nSPS) is 21.4. The van der Waals surface area contributed by atoms with Gasteiger partial charge in [0.15, 0.2) is 0 Å². The van der Waals surface area contributed by atoms with Crippen LogP contribution in [0.2, 0.25) is 0 Å². The van der Waals surface area contributed by atoms with E-state index in [-0.39, 0.29) is 0 Å². The van der Waals surface area contributed by atoms with Gasteiger partial charge in [0.25, 0.3) is 0 Å². The van der Waals surface area contributed by atoms with Gasteiger partial charge in [0.05, 0.1) is 10.7 Å². The van der Waals surface area contributed by atoms with Crippen molar-refractivity contribution in [1.29, 1.82) is 0 Å². The Balaban J connectivity index is 1.52. The number of thiazole rings is 1. The van der Waals surface area contributed by atoms with Crippen LogP contribution in [0.15, 0.2) is 5.38 Å². The first kappa shape index (κ1) is 8.86. The molecule has 0 aliphatic heterocycles. The fourth-order valence-electron chi connectivity index (χ4n) is 1.63. The number of nitrogens with zero attached hydrogens (tertiary/aromatic N) is 1. The van der Waals surface area contributed by atoms with E-state index in [1.165, 1.54) is 42.8 Å². The van der Waals surface area contributed by atoms with E-state index < -0.39 is 0 Å². The van der Waals surface area contributed by atoms with Crippen LogP contribution in [0.4, 0.5) is 0 Å². The SMILES string of the molecule is c1sc(CC2CC2)nc1CNC1CC1. The van der Waals surface area contributed by atoms with Crippen LogP contribution in [0, 0.1) is 5.92 Å². The van der Waals surface area contributed by atoms with Gasteiger partial charge in [-0.1, -0.05) is 0 Å². The average Bonchev–Trinajstić information content (AvgIpc) is 3.06. The van der Waals surface area contributed by atoms with Crippen molar-refractivity contribution < 1.29 is 0 Å². The Morgan fingerprint density at radius 3 is 2.93 bits per heavy atom. The number of hydrogen-bond donors (Lipinski definition) is 1. The zero-order valence-corrected chi connectivity index (χ0v) is 9.15. The minimum Gasteiger partial charge on any atom is -0.308 e. The van der Waals surface area contributed by atoms with Crippen molar-refractivity contribution in [3.8, 4) is 0 Å². The van der Waals surface area contributed by atoms with Crippen molar-refractivity contribution in [3.05, 3.63) is 16.1 Å². The topological polar surface area (TPSA) is 24.9 Å². The molecule has 1 N–H and O–H groups in total. The summed E-state index contributed by atoms with van der Waals surface area (Å²) in [6, 6.07) is 0.795. The van der Waals surface area contributed by atoms with Gasteiger partial charge in [-0.3, -0.25) is 0 Å². The van der Waals surface area contributed by atoms with Gasteiger partial charge >= 0.3 is 0 Å². The Hall–Kier alpha value is -0.410. The second kappa shape index (κ2) is 3.63. The third kappa shape index (κ3) is 2.34. The summed E-state index contributed by atoms with van der Waals surface area (Å²) >= 11 is 1.84. The first-order valence-electron chi connectivity index (χ1n) is 5.57. The molecule has 2 aliphatic carbocycles. The highest BCUT2D eigenvalue weighted by Gasteiger charge is 2.23. The van der Waals surface area contributed by atoms with Crippen molar-refractivity contribution in [2.75, 3.05) is 0 Å². The predicted octanol–water partition coefficient (Wildman–Crippen LogP) is 2.35. The highest BCUT2D eigenvalue weighted by atomic mass is 32.1. The summed E-state index contributed by atoms with van der Waals surface area (Å²) in [6.45, 7) is 0.978. The molecule has 3 heteroatoms. The molecule has 3 rings (SSSR count). The molecule has 0 spiro atoms. The Morgan fingerprint density at radius 2 is 2.21 bits per heavy atom. The Bertz CT molecular complexity index is 313. The lowest BCUT2D eigenvalue weighted by Crippen LogP contribution is -2.15. The van der Waals surface area contributed by atoms with E-state index in [9.17, 15) is 0 Å². The van der Waals surface area contributed by atoms with Crippen LogP contribution in [0.5, 0.6) is 0 Å². The Morgan fingerprint density at radius 1 is 1.36 bits per heavy atom. The lowest BCUT2D eigenvalue weighted by molar-refractivity contribution is 0.674. The molecule has 2 fully saturated rings. The maximum atomic E-state index is 4.65. The van der Waals surface area contributed by atoms with Crippen LogP contribution in [-0.2, 0) is 13.0 Å². The van der Waals surface area contributed by atoms with Gasteiger partial charge in [-0.2, -0.15) is 0 Å². The number of aromatic nitrogens is 1. The van der Waals surface area contributed by atoms with Crippen molar-refractivity contribution in [2.24, 2.45) is 5.92 Å². The minimum atomic E-state index is 0.795. The molecule has 0 amide bonds. The Labute approximate surface area is 88.7 Å². The molecule has 14 heavy (non-hydrogen) atoms. The zero-order chi connectivity index (χ0) is 9.38. The summed E-state index contributed by atoms with van der Waals surface area (Å²) in [5.41, 5.74) is 1.25. The fourth-order valence-corrected chi connectivity index (χ4v) is 2.54. The lowest BCUT2D eigenvalue weighted by Gasteiger charge is -1.97. The molecule has 2 aliphatic rings. The van der Waals surface area contributed by atoms with Gasteiger partial charge < -0.3 is 5.32 Å². The molecular weight excluding hydrogens is 192 g/mol. The number of rotatable bonds is 5. The first-order valence-corrected chi connectivity index (χ1v) is 6.45. The molecule has 1 heterocycles. The third-order valence-corrected chi connectivity index (χ3v) is 3.83. The minimum absolute atomic E-state index is 0.795. The van der Waals surface area contributed by atoms with Crippen LogP contribution in [0.3, 0.4) is 0 Å². The quantitative estimate of drug-likeness (QED) is 0.803. The van der Waals surface area contributed by atoms with Crippen LogP contribution >= 0.6 is 11.3 Å². The summed E-state index contributed by atoms with van der Waals surface area (Å²) in [4.78, 5) is 4.65. The monoisotopic (exact) mass is 208 g/mol. The third-order valence-electron chi connectivity index (χ3n) is 2.91. The number of hydrogen-bond acceptors (Lipinski definition) is 3. The highest BCUT2D eigenvalue weighted by molar-refractivity contribution is 7.09. The molecule has 0 bridgehead atoms. The van der Waals surface area contributed by atoms with Crippen molar-refractivity contribution in [1.82, 2.24) is 10.3 Å². The Kier molecular flexibility index (Phi) is 2.30. The van der Waals surface area contributed by atoms with Crippen LogP contribution in [0.25, 0.3) is 0 Å². The van der Waals surface area contributed by atoms with E-state index in [0.29, 0.717) is 0 Å². The van der Waals surface area contributed by atoms with Crippen LogP contribution < -0.4 is 5.32 Å². The van der Waals surface area contributed by atoms with E-state index in [2.05, 4.69) is 15.7 Å². The standard InChI is InChI=1S/C11H16N2S/c1-2-8(1)5-11-13-10(7-14-11)6-12-9-3-4-9/h7-9,12H,1-6H2. The summed E-state index contributed by atoms with van der Waals surface area (Å²) in [6.07, 6.45) is 6.80. The van der Waals surface area contributed by atoms with Gasteiger partial charge in [-0.15, -0.1) is 11.3 Å². The van der Waals surface area contributed by atoms with Crippen molar-refractivity contribution in [2.45, 2.75) is 44.7 Å². The summed E-state index contributed by atoms with van der Waals surface area (Å²) in [7, 11) is 0. The maximum Gasteiger partial charge on any atom is 0.0931 e. The van der Waals surface area contributed by atoms with Crippen molar-refractivity contribution in [3.63, 3.8) is 0 Å². The van der Waals surface area contributed by atoms with E-state index >= 15 is 0 Å². The second-order valence-corrected chi connectivity index (χ2v) is 5.48. The van der Waals surface area contributed by atoms with Gasteiger partial charge in [-0.05, 0) is 31.6 Å². The molecule has 0 unspecified atom stereocenters. The van der Waals surface area contributed by atoms with E-state index in [1.807, 2.05) is 11.3 Å². The molecule has 1 aromatic heterocycles. The van der Waals surface area contributed by atoms with Gasteiger partial charge in [0.2, 0.25) is 0 Å². The first-order chi connectivity index (χ1) is 6.90. The molecular formula is C11H16N2S. The smallest absolute Gasteiger partial charge is 0.0931 e. The molecule has 1 aromatic rings. The van der Waals surface area contributed by atoms with Crippen LogP contribution in [-0.4, -0.2) is 11.0 Å². The van der Waals surface area contributed by atoms with Gasteiger partial charge in [0.1, 0.15) is 0 Å². The molecule has 0 radical (unpaired) electrons. The largest absolute Gasteiger partial charge is 0.308 e. The van der Waals surface area contributed by atoms with E-state index in [1.54, 1.807) is 0 Å². The van der Waals surface area contributed by atoms with Crippen LogP contribution in [0.1, 0.15) is 36.4 Å². The second-order valence-electron chi connectivity index (χ2n) is 4.54. The number of nitrogens with one attached hydrogen (secondary N) is 1. The molecule has 76 valence electrons.